The van der Waals surface area contributed by atoms with Crippen molar-refractivity contribution in [1.82, 2.24) is 0 Å². The molecule has 0 heterocycles. The molecule has 8 heteroatoms. The van der Waals surface area contributed by atoms with Crippen LogP contribution in [-0.2, 0) is 0 Å². The molecule has 57 valence electrons. The molecule has 0 fully saturated rings. The molecule has 0 aliphatic rings. The topological polar surface area (TPSA) is 0 Å². The third kappa shape index (κ3) is 76.8. The van der Waals surface area contributed by atoms with E-state index >= 15 is 0 Å². The van der Waals surface area contributed by atoms with E-state index in [0.29, 0.717) is 0 Å². The molecule has 1 radical (unpaired) electrons. The summed E-state index contributed by atoms with van der Waals surface area (Å²) < 4.78 is 0. The summed E-state index contributed by atoms with van der Waals surface area (Å²) in [6, 6.07) is 0. The Morgan fingerprint density at radius 2 is 0.375 bits per heavy atom. The van der Waals surface area contributed by atoms with Gasteiger partial charge in [0.1, 0.15) is 0 Å². The molecule has 0 spiro atoms. The number of hydrogen-bond acceptors (Lipinski definition) is 0. The molecule has 0 atom stereocenters. The molecule has 0 rings (SSSR count). The van der Waals surface area contributed by atoms with Gasteiger partial charge in [-0.15, -0.1) is 0 Å². The Hall–Kier alpha value is 2.49. The largest absolute Gasteiger partial charge is 3.00 e. The first-order valence-corrected chi connectivity index (χ1v) is 0. The summed E-state index contributed by atoms with van der Waals surface area (Å²) in [6.45, 7) is 0. The van der Waals surface area contributed by atoms with Crippen molar-refractivity contribution in [2.75, 3.05) is 0 Å². The van der Waals surface area contributed by atoms with Gasteiger partial charge in [-0.05, 0) is 0 Å². The Labute approximate surface area is 115 Å². The van der Waals surface area contributed by atoms with Crippen molar-refractivity contribution in [1.29, 1.82) is 0 Å². The van der Waals surface area contributed by atoms with Crippen molar-refractivity contribution in [2.24, 2.45) is 0 Å². The van der Waals surface area contributed by atoms with Gasteiger partial charge in [0.25, 0.3) is 0 Å². The Morgan fingerprint density at radius 1 is 0.375 bits per heavy atom. The van der Waals surface area contributed by atoms with Crippen molar-refractivity contribution >= 4 is 0 Å². The summed E-state index contributed by atoms with van der Waals surface area (Å²) in [5.41, 5.74) is 0. The van der Waals surface area contributed by atoms with Crippen LogP contribution in [0.25, 0.3) is 0 Å². The Balaban J connectivity index is 0. The smallest absolute Gasteiger partial charge is 1.00 e. The molecule has 0 saturated heterocycles. The summed E-state index contributed by atoms with van der Waals surface area (Å²) in [7, 11) is 0. The van der Waals surface area contributed by atoms with Crippen molar-refractivity contribution in [3.05, 3.63) is 0 Å². The summed E-state index contributed by atoms with van der Waals surface area (Å²) in [5, 5.41) is 0. The predicted octanol–water partition coefficient (Wildman–Crippen LogP) is -18.0. The molecule has 0 aromatic heterocycles. The van der Waals surface area contributed by atoms with Crippen LogP contribution in [0.1, 0.15) is 0 Å². The molecule has 0 bridgehead atoms. The van der Waals surface area contributed by atoms with E-state index in [1.54, 1.807) is 0 Å². The molecule has 0 aromatic rings. The fourth-order valence-corrected chi connectivity index (χ4v) is 0. The monoisotopic (exact) mass is 425 g/mol. The van der Waals surface area contributed by atoms with Crippen molar-refractivity contribution in [2.45, 2.75) is 0 Å². The molecule has 0 amide bonds. The summed E-state index contributed by atoms with van der Waals surface area (Å²) >= 11 is 0. The molecule has 0 saturated carbocycles. The maximum absolute atomic E-state index is 0. The van der Waals surface area contributed by atoms with Gasteiger partial charge >= 0.3 is 89.3 Å². The first-order chi connectivity index (χ1) is 0. The van der Waals surface area contributed by atoms with Crippen LogP contribution >= 0.6 is 0 Å². The van der Waals surface area contributed by atoms with Crippen LogP contribution in [0, 0.1) is 89.3 Å². The van der Waals surface area contributed by atoms with Crippen molar-refractivity contribution in [3.8, 4) is 0 Å². The van der Waals surface area contributed by atoms with Crippen LogP contribution in [0.2, 0.25) is 0 Å². The second-order valence-electron chi connectivity index (χ2n) is 0. The van der Waals surface area contributed by atoms with Gasteiger partial charge in [0, 0.05) is 0 Å². The van der Waals surface area contributed by atoms with Crippen LogP contribution in [0.5, 0.6) is 0 Å². The van der Waals surface area contributed by atoms with E-state index in [-0.39, 0.29) is 118 Å². The molecule has 0 aliphatic heterocycles. The van der Waals surface area contributed by atoms with Gasteiger partial charge in [-0.25, -0.2) is 0 Å². The van der Waals surface area contributed by atoms with Gasteiger partial charge in [0.2, 0.25) is 0 Å². The normalized spacial score (nSPS) is 0. The molecular formula is EuF6Gd. The fraction of sp³-hybridized carbons (Fsp3) is 0. The third-order valence-electron chi connectivity index (χ3n) is 0. The molecule has 8 heavy (non-hydrogen) atoms. The van der Waals surface area contributed by atoms with E-state index in [2.05, 4.69) is 0 Å². The number of rotatable bonds is 0. The van der Waals surface area contributed by atoms with E-state index in [0.717, 1.165) is 0 Å². The van der Waals surface area contributed by atoms with Crippen LogP contribution in [0.4, 0.5) is 0 Å². The van der Waals surface area contributed by atoms with Gasteiger partial charge in [0.15, 0.2) is 0 Å². The minimum Gasteiger partial charge on any atom is -1.00 e. The van der Waals surface area contributed by atoms with E-state index in [9.17, 15) is 0 Å². The van der Waals surface area contributed by atoms with Gasteiger partial charge in [-0.3, -0.25) is 0 Å². The molecule has 0 nitrogen and oxygen atoms in total. The molecule has 0 N–H and O–H groups in total. The van der Waals surface area contributed by atoms with Crippen LogP contribution < -0.4 is 28.2 Å². The third-order valence-corrected chi connectivity index (χ3v) is 0. The molecule has 0 aromatic carbocycles. The summed E-state index contributed by atoms with van der Waals surface area (Å²) in [4.78, 5) is 0. The Morgan fingerprint density at radius 3 is 0.375 bits per heavy atom. The zero-order chi connectivity index (χ0) is 0. The average Bonchev–Trinajstić information content (AvgIpc) is 0. The van der Waals surface area contributed by atoms with Crippen molar-refractivity contribution < 1.29 is 118 Å². The SMILES string of the molecule is [Eu+3].[F-].[F-].[F-].[F-].[F-].[F-].[Gd+3]. The first kappa shape index (κ1) is 152. The average molecular weight is 423 g/mol. The second-order valence-corrected chi connectivity index (χ2v) is 0. The second kappa shape index (κ2) is 110. The minimum atomic E-state index is 0. The minimum absolute atomic E-state index is 0. The van der Waals surface area contributed by atoms with Gasteiger partial charge < -0.3 is 28.2 Å². The Bertz CT molecular complexity index is 8.49. The van der Waals surface area contributed by atoms with Gasteiger partial charge in [-0.1, -0.05) is 0 Å². The Kier molecular flexibility index (Phi) is 2100. The van der Waals surface area contributed by atoms with Gasteiger partial charge in [0.05, 0.1) is 0 Å². The zero-order valence-electron chi connectivity index (χ0n) is 3.00. The summed E-state index contributed by atoms with van der Waals surface area (Å²) in [6.07, 6.45) is 0. The van der Waals surface area contributed by atoms with Crippen LogP contribution in [-0.4, -0.2) is 0 Å². The van der Waals surface area contributed by atoms with Gasteiger partial charge in [-0.2, -0.15) is 0 Å². The van der Waals surface area contributed by atoms with Crippen LogP contribution in [0.15, 0.2) is 0 Å². The van der Waals surface area contributed by atoms with E-state index in [4.69, 9.17) is 0 Å². The molecule has 0 aliphatic carbocycles. The quantitative estimate of drug-likeness (QED) is 0.340. The first-order valence-electron chi connectivity index (χ1n) is 0. The summed E-state index contributed by atoms with van der Waals surface area (Å²) in [5.74, 6) is 0. The predicted molar refractivity (Wildman–Crippen MR) is 0 cm³/mol. The molecular weight excluding hydrogens is 423 g/mol. The number of halogens is 6. The fourth-order valence-electron chi connectivity index (χ4n) is 0. The van der Waals surface area contributed by atoms with Crippen LogP contribution in [0.3, 0.4) is 0 Å². The van der Waals surface area contributed by atoms with E-state index in [1.807, 2.05) is 0 Å². The standard InChI is InChI=1S/Eu.6FH.Gd/h;6*1H;/q+3;;;;;;;+3/p-6. The maximum Gasteiger partial charge on any atom is 3.00 e. The van der Waals surface area contributed by atoms with E-state index in [1.165, 1.54) is 0 Å². The maximum atomic E-state index is 0. The zero-order valence-corrected chi connectivity index (χ0v) is 7.69. The van der Waals surface area contributed by atoms with E-state index < -0.39 is 0 Å². The van der Waals surface area contributed by atoms with Crippen molar-refractivity contribution in [3.63, 3.8) is 0 Å². The number of hydrogen-bond donors (Lipinski definition) is 0. The molecule has 0 unspecified atom stereocenters.